The van der Waals surface area contributed by atoms with Gasteiger partial charge in [0.1, 0.15) is 0 Å². The first-order chi connectivity index (χ1) is 8.21. The summed E-state index contributed by atoms with van der Waals surface area (Å²) < 4.78 is 10.5. The van der Waals surface area contributed by atoms with E-state index in [1.165, 1.54) is 5.56 Å². The van der Waals surface area contributed by atoms with Crippen LogP contribution in [0.25, 0.3) is 0 Å². The topological polar surface area (TPSA) is 30.5 Å². The summed E-state index contributed by atoms with van der Waals surface area (Å²) in [7, 11) is 3.30. The van der Waals surface area contributed by atoms with Gasteiger partial charge in [-0.3, -0.25) is 0 Å². The molecule has 96 valence electrons. The quantitative estimate of drug-likeness (QED) is 0.786. The Kier molecular flexibility index (Phi) is 6.37. The molecule has 1 aromatic rings. The van der Waals surface area contributed by atoms with Crippen LogP contribution in [0, 0.1) is 0 Å². The minimum Gasteiger partial charge on any atom is -0.493 e. The lowest BCUT2D eigenvalue weighted by molar-refractivity contribution is 0.354. The van der Waals surface area contributed by atoms with Gasteiger partial charge in [0.05, 0.1) is 14.2 Å². The lowest BCUT2D eigenvalue weighted by atomic mass is 10.2. The molecule has 0 bridgehead atoms. The number of methoxy groups -OCH3 is 2. The smallest absolute Gasteiger partial charge is 0.161 e. The van der Waals surface area contributed by atoms with Gasteiger partial charge in [-0.2, -0.15) is 0 Å². The Labute approximate surface area is 112 Å². The molecule has 0 radical (unpaired) electrons. The van der Waals surface area contributed by atoms with Gasteiger partial charge in [0.2, 0.25) is 0 Å². The number of nitrogens with one attached hydrogen (secondary N) is 1. The van der Waals surface area contributed by atoms with Crippen LogP contribution >= 0.6 is 15.9 Å². The van der Waals surface area contributed by atoms with Crippen LogP contribution in [-0.4, -0.2) is 25.6 Å². The Bertz CT molecular complexity index is 344. The SMILES string of the molecule is COc1ccc(CNC(C)CCBr)cc1OC. The van der Waals surface area contributed by atoms with Crippen molar-refractivity contribution in [1.29, 1.82) is 0 Å². The first kappa shape index (κ1) is 14.3. The van der Waals surface area contributed by atoms with Crippen LogP contribution in [0.4, 0.5) is 0 Å². The molecule has 0 aliphatic heterocycles. The molecule has 0 saturated heterocycles. The number of hydrogen-bond donors (Lipinski definition) is 1. The van der Waals surface area contributed by atoms with E-state index in [-0.39, 0.29) is 0 Å². The lowest BCUT2D eigenvalue weighted by Gasteiger charge is -2.14. The fourth-order valence-corrected chi connectivity index (χ4v) is 2.24. The minimum atomic E-state index is 0.502. The summed E-state index contributed by atoms with van der Waals surface area (Å²) in [4.78, 5) is 0. The van der Waals surface area contributed by atoms with Crippen LogP contribution in [0.5, 0.6) is 11.5 Å². The van der Waals surface area contributed by atoms with Crippen molar-refractivity contribution >= 4 is 15.9 Å². The maximum Gasteiger partial charge on any atom is 0.161 e. The zero-order chi connectivity index (χ0) is 12.7. The van der Waals surface area contributed by atoms with Crippen molar-refractivity contribution in [3.05, 3.63) is 23.8 Å². The number of alkyl halides is 1. The van der Waals surface area contributed by atoms with E-state index in [0.29, 0.717) is 6.04 Å². The molecule has 0 aromatic heterocycles. The average Bonchev–Trinajstić information content (AvgIpc) is 2.36. The van der Waals surface area contributed by atoms with E-state index in [2.05, 4.69) is 34.2 Å². The molecule has 0 fully saturated rings. The van der Waals surface area contributed by atoms with Gasteiger partial charge in [-0.25, -0.2) is 0 Å². The van der Waals surface area contributed by atoms with Crippen molar-refractivity contribution in [2.24, 2.45) is 0 Å². The zero-order valence-electron chi connectivity index (χ0n) is 10.6. The summed E-state index contributed by atoms with van der Waals surface area (Å²) in [6, 6.07) is 6.50. The molecule has 1 N–H and O–H groups in total. The third kappa shape index (κ3) is 4.56. The molecule has 0 aliphatic rings. The summed E-state index contributed by atoms with van der Waals surface area (Å²) >= 11 is 3.44. The normalized spacial score (nSPS) is 12.2. The van der Waals surface area contributed by atoms with Gasteiger partial charge < -0.3 is 14.8 Å². The van der Waals surface area contributed by atoms with Gasteiger partial charge in [0, 0.05) is 17.9 Å². The number of hydrogen-bond acceptors (Lipinski definition) is 3. The number of ether oxygens (including phenoxy) is 2. The molecule has 1 aromatic carbocycles. The van der Waals surface area contributed by atoms with Gasteiger partial charge in [0.25, 0.3) is 0 Å². The molecule has 17 heavy (non-hydrogen) atoms. The molecule has 1 unspecified atom stereocenters. The van der Waals surface area contributed by atoms with Crippen molar-refractivity contribution in [1.82, 2.24) is 5.32 Å². The summed E-state index contributed by atoms with van der Waals surface area (Å²) in [5.41, 5.74) is 1.20. The van der Waals surface area contributed by atoms with Gasteiger partial charge in [-0.05, 0) is 31.0 Å². The number of rotatable bonds is 7. The zero-order valence-corrected chi connectivity index (χ0v) is 12.2. The highest BCUT2D eigenvalue weighted by Gasteiger charge is 2.05. The van der Waals surface area contributed by atoms with Gasteiger partial charge in [-0.15, -0.1) is 0 Å². The number of benzene rings is 1. The number of halogens is 1. The van der Waals surface area contributed by atoms with E-state index in [0.717, 1.165) is 29.8 Å². The van der Waals surface area contributed by atoms with E-state index in [1.807, 2.05) is 12.1 Å². The summed E-state index contributed by atoms with van der Waals surface area (Å²) in [6.45, 7) is 3.02. The Morgan fingerprint density at radius 1 is 1.24 bits per heavy atom. The lowest BCUT2D eigenvalue weighted by Crippen LogP contribution is -2.25. The van der Waals surface area contributed by atoms with E-state index >= 15 is 0 Å². The molecular formula is C13H20BrNO2. The van der Waals surface area contributed by atoms with Crippen molar-refractivity contribution in [3.63, 3.8) is 0 Å². The average molecular weight is 302 g/mol. The first-order valence-electron chi connectivity index (χ1n) is 5.71. The maximum atomic E-state index is 5.27. The molecule has 0 spiro atoms. The molecule has 4 heteroatoms. The fraction of sp³-hybridized carbons (Fsp3) is 0.538. The maximum absolute atomic E-state index is 5.27. The minimum absolute atomic E-state index is 0.502. The van der Waals surface area contributed by atoms with Crippen LogP contribution in [0.3, 0.4) is 0 Å². The molecule has 1 rings (SSSR count). The van der Waals surface area contributed by atoms with Gasteiger partial charge in [-0.1, -0.05) is 22.0 Å². The monoisotopic (exact) mass is 301 g/mol. The van der Waals surface area contributed by atoms with Crippen LogP contribution < -0.4 is 14.8 Å². The van der Waals surface area contributed by atoms with Crippen LogP contribution in [-0.2, 0) is 6.54 Å². The van der Waals surface area contributed by atoms with Crippen molar-refractivity contribution < 1.29 is 9.47 Å². The third-order valence-electron chi connectivity index (χ3n) is 2.64. The van der Waals surface area contributed by atoms with Crippen molar-refractivity contribution in [2.75, 3.05) is 19.5 Å². The summed E-state index contributed by atoms with van der Waals surface area (Å²) in [6.07, 6.45) is 1.12. The molecule has 0 aliphatic carbocycles. The third-order valence-corrected chi connectivity index (χ3v) is 3.10. The first-order valence-corrected chi connectivity index (χ1v) is 6.83. The molecular weight excluding hydrogens is 282 g/mol. The molecule has 3 nitrogen and oxygen atoms in total. The fourth-order valence-electron chi connectivity index (χ4n) is 1.55. The highest BCUT2D eigenvalue weighted by Crippen LogP contribution is 2.27. The largest absolute Gasteiger partial charge is 0.493 e. The van der Waals surface area contributed by atoms with E-state index < -0.39 is 0 Å². The molecule has 0 saturated carbocycles. The van der Waals surface area contributed by atoms with E-state index in [4.69, 9.17) is 9.47 Å². The van der Waals surface area contributed by atoms with Crippen molar-refractivity contribution in [2.45, 2.75) is 25.9 Å². The Morgan fingerprint density at radius 2 is 1.94 bits per heavy atom. The van der Waals surface area contributed by atoms with Gasteiger partial charge in [0.15, 0.2) is 11.5 Å². The van der Waals surface area contributed by atoms with Crippen LogP contribution in [0.2, 0.25) is 0 Å². The standard InChI is InChI=1S/C13H20BrNO2/c1-10(6-7-14)15-9-11-4-5-12(16-2)13(8-11)17-3/h4-5,8,10,15H,6-7,9H2,1-3H3. The predicted octanol–water partition coefficient (Wildman–Crippen LogP) is 2.97. The van der Waals surface area contributed by atoms with Crippen LogP contribution in [0.1, 0.15) is 18.9 Å². The Balaban J connectivity index is 2.60. The molecule has 1 atom stereocenters. The van der Waals surface area contributed by atoms with Gasteiger partial charge >= 0.3 is 0 Å². The van der Waals surface area contributed by atoms with Crippen molar-refractivity contribution in [3.8, 4) is 11.5 Å². The Hall–Kier alpha value is -0.740. The van der Waals surface area contributed by atoms with E-state index in [9.17, 15) is 0 Å². The van der Waals surface area contributed by atoms with Crippen LogP contribution in [0.15, 0.2) is 18.2 Å². The molecule has 0 amide bonds. The predicted molar refractivity (Wildman–Crippen MR) is 74.3 cm³/mol. The summed E-state index contributed by atoms with van der Waals surface area (Å²) in [5, 5.41) is 4.48. The highest BCUT2D eigenvalue weighted by molar-refractivity contribution is 9.09. The molecule has 0 heterocycles. The second-order valence-electron chi connectivity index (χ2n) is 3.95. The second kappa shape index (κ2) is 7.56. The summed E-state index contributed by atoms with van der Waals surface area (Å²) in [5.74, 6) is 1.55. The highest BCUT2D eigenvalue weighted by atomic mass is 79.9. The van der Waals surface area contributed by atoms with E-state index in [1.54, 1.807) is 14.2 Å². The Morgan fingerprint density at radius 3 is 2.53 bits per heavy atom. The second-order valence-corrected chi connectivity index (χ2v) is 4.74.